The second-order valence-electron chi connectivity index (χ2n) is 3.97. The van der Waals surface area contributed by atoms with Crippen molar-refractivity contribution in [2.75, 3.05) is 0 Å². The fraction of sp³-hybridized carbons (Fsp3) is 0.250. The number of carbonyl (C=O) groups is 2. The van der Waals surface area contributed by atoms with Crippen LogP contribution in [0.2, 0.25) is 0 Å². The van der Waals surface area contributed by atoms with Gasteiger partial charge in [-0.15, -0.1) is 0 Å². The monoisotopic (exact) mass is 231 g/mol. The maximum atomic E-state index is 11.6. The summed E-state index contributed by atoms with van der Waals surface area (Å²) in [5, 5.41) is 2.73. The lowest BCUT2D eigenvalue weighted by atomic mass is 9.91. The average Bonchev–Trinajstić information content (AvgIpc) is 2.29. The van der Waals surface area contributed by atoms with Crippen molar-refractivity contribution in [2.24, 2.45) is 11.7 Å². The van der Waals surface area contributed by atoms with E-state index < -0.39 is 11.8 Å². The number of pyridine rings is 1. The summed E-state index contributed by atoms with van der Waals surface area (Å²) in [6.07, 6.45) is 4.96. The minimum atomic E-state index is -0.894. The molecule has 2 heterocycles. The Morgan fingerprint density at radius 2 is 2.06 bits per heavy atom. The Balaban J connectivity index is 2.41. The van der Waals surface area contributed by atoms with E-state index in [9.17, 15) is 9.59 Å². The van der Waals surface area contributed by atoms with Gasteiger partial charge in [0.05, 0.1) is 6.04 Å². The highest BCUT2D eigenvalue weighted by molar-refractivity contribution is 6.05. The molecule has 2 unspecified atom stereocenters. The first-order valence-corrected chi connectivity index (χ1v) is 5.31. The maximum Gasteiger partial charge on any atom is 0.236 e. The Kier molecular flexibility index (Phi) is 2.91. The highest BCUT2D eigenvalue weighted by atomic mass is 16.2. The smallest absolute Gasteiger partial charge is 0.236 e. The van der Waals surface area contributed by atoms with Crippen molar-refractivity contribution in [3.63, 3.8) is 0 Å². The Labute approximate surface area is 98.7 Å². The molecule has 5 heteroatoms. The molecule has 0 radical (unpaired) electrons. The van der Waals surface area contributed by atoms with Crippen molar-refractivity contribution < 1.29 is 9.59 Å². The highest BCUT2D eigenvalue weighted by Crippen LogP contribution is 2.23. The van der Waals surface area contributed by atoms with Crippen molar-refractivity contribution in [3.05, 3.63) is 36.2 Å². The zero-order chi connectivity index (χ0) is 12.4. The molecule has 1 aromatic rings. The first kappa shape index (κ1) is 11.3. The number of aromatic nitrogens is 1. The van der Waals surface area contributed by atoms with Gasteiger partial charge in [0.1, 0.15) is 5.92 Å². The van der Waals surface area contributed by atoms with Crippen LogP contribution in [0.5, 0.6) is 0 Å². The molecule has 0 aromatic carbocycles. The molecule has 0 bridgehead atoms. The number of primary amides is 1. The van der Waals surface area contributed by atoms with Gasteiger partial charge in [-0.1, -0.05) is 6.08 Å². The Hall–Kier alpha value is -2.17. The van der Waals surface area contributed by atoms with Crippen LogP contribution in [-0.4, -0.2) is 22.8 Å². The predicted molar refractivity (Wildman–Crippen MR) is 62.5 cm³/mol. The topological polar surface area (TPSA) is 85.1 Å². The van der Waals surface area contributed by atoms with Crippen LogP contribution < -0.4 is 11.1 Å². The van der Waals surface area contributed by atoms with Gasteiger partial charge in [-0.05, 0) is 30.2 Å². The third kappa shape index (κ3) is 2.18. The van der Waals surface area contributed by atoms with E-state index in [1.54, 1.807) is 18.5 Å². The van der Waals surface area contributed by atoms with E-state index in [-0.39, 0.29) is 11.9 Å². The zero-order valence-corrected chi connectivity index (χ0v) is 9.38. The molecular formula is C12H13N3O2. The standard InChI is InChI=1S/C12H13N3O2/c1-7-9(8-2-4-14-5-3-8)6-10(11(13)16)12(17)15-7/h2-7,10H,1H3,(H2,13,16)(H,15,17). The Morgan fingerprint density at radius 1 is 1.41 bits per heavy atom. The molecule has 0 saturated heterocycles. The van der Waals surface area contributed by atoms with E-state index in [0.29, 0.717) is 0 Å². The molecule has 1 aromatic heterocycles. The van der Waals surface area contributed by atoms with Gasteiger partial charge in [0, 0.05) is 12.4 Å². The van der Waals surface area contributed by atoms with Gasteiger partial charge in [-0.2, -0.15) is 0 Å². The second-order valence-corrected chi connectivity index (χ2v) is 3.97. The third-order valence-corrected chi connectivity index (χ3v) is 2.77. The molecule has 1 aliphatic heterocycles. The van der Waals surface area contributed by atoms with Crippen LogP contribution in [0.25, 0.3) is 5.57 Å². The number of hydrogen-bond donors (Lipinski definition) is 2. The summed E-state index contributed by atoms with van der Waals surface area (Å²) in [4.78, 5) is 26.6. The number of hydrogen-bond acceptors (Lipinski definition) is 3. The first-order chi connectivity index (χ1) is 8.09. The van der Waals surface area contributed by atoms with Gasteiger partial charge in [0.2, 0.25) is 11.8 Å². The predicted octanol–water partition coefficient (Wildman–Crippen LogP) is 0.0848. The number of amides is 2. The number of nitrogens with two attached hydrogens (primary N) is 1. The van der Waals surface area contributed by atoms with Crippen molar-refractivity contribution in [3.8, 4) is 0 Å². The maximum absolute atomic E-state index is 11.6. The average molecular weight is 231 g/mol. The number of nitrogens with one attached hydrogen (secondary N) is 1. The van der Waals surface area contributed by atoms with Crippen LogP contribution in [0.15, 0.2) is 30.6 Å². The van der Waals surface area contributed by atoms with Crippen molar-refractivity contribution in [2.45, 2.75) is 13.0 Å². The summed E-state index contributed by atoms with van der Waals surface area (Å²) >= 11 is 0. The second kappa shape index (κ2) is 4.37. The fourth-order valence-corrected chi connectivity index (χ4v) is 1.88. The largest absolute Gasteiger partial charge is 0.369 e. The highest BCUT2D eigenvalue weighted by Gasteiger charge is 2.30. The van der Waals surface area contributed by atoms with Crippen molar-refractivity contribution in [1.29, 1.82) is 0 Å². The van der Waals surface area contributed by atoms with Gasteiger partial charge in [0.25, 0.3) is 0 Å². The quantitative estimate of drug-likeness (QED) is 0.707. The Morgan fingerprint density at radius 3 is 2.65 bits per heavy atom. The van der Waals surface area contributed by atoms with Gasteiger partial charge >= 0.3 is 0 Å². The van der Waals surface area contributed by atoms with Gasteiger partial charge in [0.15, 0.2) is 0 Å². The summed E-state index contributed by atoms with van der Waals surface area (Å²) in [5.74, 6) is -1.88. The van der Waals surface area contributed by atoms with Crippen LogP contribution in [0.1, 0.15) is 12.5 Å². The summed E-state index contributed by atoms with van der Waals surface area (Å²) in [5.41, 5.74) is 7.00. The third-order valence-electron chi connectivity index (χ3n) is 2.77. The summed E-state index contributed by atoms with van der Waals surface area (Å²) in [6, 6.07) is 3.52. The van der Waals surface area contributed by atoms with Crippen LogP contribution in [0.4, 0.5) is 0 Å². The van der Waals surface area contributed by atoms with E-state index in [4.69, 9.17) is 5.73 Å². The van der Waals surface area contributed by atoms with E-state index in [1.807, 2.05) is 19.1 Å². The first-order valence-electron chi connectivity index (χ1n) is 5.31. The van der Waals surface area contributed by atoms with E-state index >= 15 is 0 Å². The molecule has 0 fully saturated rings. The normalized spacial score (nSPS) is 23.8. The molecule has 17 heavy (non-hydrogen) atoms. The van der Waals surface area contributed by atoms with E-state index in [0.717, 1.165) is 11.1 Å². The molecule has 2 rings (SSSR count). The fourth-order valence-electron chi connectivity index (χ4n) is 1.88. The van der Waals surface area contributed by atoms with Crippen molar-refractivity contribution in [1.82, 2.24) is 10.3 Å². The molecule has 2 amide bonds. The Bertz CT molecular complexity index is 482. The number of rotatable bonds is 2. The molecule has 3 N–H and O–H groups in total. The minimum Gasteiger partial charge on any atom is -0.369 e. The van der Waals surface area contributed by atoms with Gasteiger partial charge < -0.3 is 11.1 Å². The summed E-state index contributed by atoms with van der Waals surface area (Å²) in [7, 11) is 0. The molecule has 1 aliphatic rings. The lowest BCUT2D eigenvalue weighted by Crippen LogP contribution is -2.45. The van der Waals surface area contributed by atoms with Crippen LogP contribution in [-0.2, 0) is 9.59 Å². The SMILES string of the molecule is CC1NC(=O)C(C(N)=O)C=C1c1ccncc1. The van der Waals surface area contributed by atoms with E-state index in [1.165, 1.54) is 0 Å². The number of carbonyl (C=O) groups excluding carboxylic acids is 2. The lowest BCUT2D eigenvalue weighted by molar-refractivity contribution is -0.131. The molecular weight excluding hydrogens is 218 g/mol. The molecule has 5 nitrogen and oxygen atoms in total. The zero-order valence-electron chi connectivity index (χ0n) is 9.38. The van der Waals surface area contributed by atoms with Crippen LogP contribution in [0.3, 0.4) is 0 Å². The minimum absolute atomic E-state index is 0.138. The lowest BCUT2D eigenvalue weighted by Gasteiger charge is -2.26. The summed E-state index contributed by atoms with van der Waals surface area (Å²) in [6.45, 7) is 1.86. The molecule has 88 valence electrons. The van der Waals surface area contributed by atoms with Crippen LogP contribution in [0, 0.1) is 5.92 Å². The van der Waals surface area contributed by atoms with E-state index in [2.05, 4.69) is 10.3 Å². The molecule has 0 aliphatic carbocycles. The van der Waals surface area contributed by atoms with Crippen LogP contribution >= 0.6 is 0 Å². The summed E-state index contributed by atoms with van der Waals surface area (Å²) < 4.78 is 0. The van der Waals surface area contributed by atoms with Gasteiger partial charge in [-0.3, -0.25) is 14.6 Å². The number of nitrogens with zero attached hydrogens (tertiary/aromatic N) is 1. The van der Waals surface area contributed by atoms with Gasteiger partial charge in [-0.25, -0.2) is 0 Å². The molecule has 0 spiro atoms. The van der Waals surface area contributed by atoms with Crippen molar-refractivity contribution >= 4 is 17.4 Å². The molecule has 0 saturated carbocycles. The molecule has 2 atom stereocenters.